The third-order valence-corrected chi connectivity index (χ3v) is 3.38. The summed E-state index contributed by atoms with van der Waals surface area (Å²) in [7, 11) is 0. The number of unbranched alkanes of at least 4 members (excludes halogenated alkanes) is 5. The fraction of sp³-hybridized carbons (Fsp3) is 0.556. The molecule has 1 amide bonds. The molecule has 0 saturated heterocycles. The Kier molecular flexibility index (Phi) is 8.96. The van der Waals surface area contributed by atoms with E-state index in [0.717, 1.165) is 18.5 Å². The number of hydrogen-bond acceptors (Lipinski definition) is 3. The predicted octanol–water partition coefficient (Wildman–Crippen LogP) is 3.63. The van der Waals surface area contributed by atoms with Crippen LogP contribution in [0.15, 0.2) is 24.3 Å². The molecule has 1 aromatic carbocycles. The molecule has 0 aliphatic rings. The van der Waals surface area contributed by atoms with Crippen molar-refractivity contribution in [3.05, 3.63) is 29.8 Å². The molecule has 0 atom stereocenters. The Morgan fingerprint density at radius 1 is 1.09 bits per heavy atom. The molecule has 1 aromatic rings. The highest BCUT2D eigenvalue weighted by Gasteiger charge is 2.05. The second-order valence-electron chi connectivity index (χ2n) is 5.54. The Hall–Kier alpha value is -1.84. The average Bonchev–Trinajstić information content (AvgIpc) is 2.46. The van der Waals surface area contributed by atoms with E-state index in [1.54, 1.807) is 18.2 Å². The standard InChI is InChI=1S/C18H27NO3/c1-3-4-5-6-7-8-12-19-18(21)14-16-10-9-11-17(13-16)22-15(2)20/h9-11,13H,3-8,12,14H2,1-2H3,(H,19,21). The van der Waals surface area contributed by atoms with Crippen molar-refractivity contribution < 1.29 is 14.3 Å². The summed E-state index contributed by atoms with van der Waals surface area (Å²) in [6.45, 7) is 4.30. The fourth-order valence-corrected chi connectivity index (χ4v) is 2.27. The zero-order valence-electron chi connectivity index (χ0n) is 13.7. The summed E-state index contributed by atoms with van der Waals surface area (Å²) in [6, 6.07) is 7.08. The van der Waals surface area contributed by atoms with Gasteiger partial charge < -0.3 is 10.1 Å². The van der Waals surface area contributed by atoms with Crippen LogP contribution >= 0.6 is 0 Å². The predicted molar refractivity (Wildman–Crippen MR) is 87.8 cm³/mol. The van der Waals surface area contributed by atoms with Gasteiger partial charge in [-0.1, -0.05) is 51.2 Å². The summed E-state index contributed by atoms with van der Waals surface area (Å²) >= 11 is 0. The van der Waals surface area contributed by atoms with Crippen molar-refractivity contribution in [1.82, 2.24) is 5.32 Å². The minimum absolute atomic E-state index is 0.00790. The molecule has 0 heterocycles. The minimum atomic E-state index is -0.357. The molecule has 1 rings (SSSR count). The van der Waals surface area contributed by atoms with Crippen molar-refractivity contribution in [3.63, 3.8) is 0 Å². The van der Waals surface area contributed by atoms with E-state index in [-0.39, 0.29) is 11.9 Å². The largest absolute Gasteiger partial charge is 0.427 e. The first-order valence-corrected chi connectivity index (χ1v) is 8.16. The van der Waals surface area contributed by atoms with Crippen LogP contribution in [0.1, 0.15) is 57.9 Å². The van der Waals surface area contributed by atoms with Gasteiger partial charge in [0.05, 0.1) is 6.42 Å². The van der Waals surface area contributed by atoms with Crippen LogP contribution in [0.25, 0.3) is 0 Å². The lowest BCUT2D eigenvalue weighted by Crippen LogP contribution is -2.26. The van der Waals surface area contributed by atoms with E-state index in [1.807, 2.05) is 6.07 Å². The Labute approximate surface area is 133 Å². The molecule has 0 saturated carbocycles. The van der Waals surface area contributed by atoms with Crippen LogP contribution in [0.4, 0.5) is 0 Å². The first-order chi connectivity index (χ1) is 10.6. The normalized spacial score (nSPS) is 10.3. The maximum absolute atomic E-state index is 11.9. The lowest BCUT2D eigenvalue weighted by molar-refractivity contribution is -0.131. The van der Waals surface area contributed by atoms with Gasteiger partial charge in [-0.3, -0.25) is 9.59 Å². The van der Waals surface area contributed by atoms with E-state index in [2.05, 4.69) is 12.2 Å². The maximum Gasteiger partial charge on any atom is 0.308 e. The lowest BCUT2D eigenvalue weighted by atomic mass is 10.1. The van der Waals surface area contributed by atoms with Crippen LogP contribution in [0.5, 0.6) is 5.75 Å². The molecule has 0 radical (unpaired) electrons. The highest BCUT2D eigenvalue weighted by Crippen LogP contribution is 2.14. The monoisotopic (exact) mass is 305 g/mol. The summed E-state index contributed by atoms with van der Waals surface area (Å²) in [5.41, 5.74) is 0.846. The molecule has 0 aliphatic carbocycles. The fourth-order valence-electron chi connectivity index (χ4n) is 2.27. The Morgan fingerprint density at radius 3 is 2.55 bits per heavy atom. The van der Waals surface area contributed by atoms with Gasteiger partial charge >= 0.3 is 5.97 Å². The Balaban J connectivity index is 2.23. The third kappa shape index (κ3) is 8.45. The van der Waals surface area contributed by atoms with Crippen LogP contribution in [-0.2, 0) is 16.0 Å². The van der Waals surface area contributed by atoms with E-state index in [0.29, 0.717) is 12.2 Å². The van der Waals surface area contributed by atoms with Crippen LogP contribution in [-0.4, -0.2) is 18.4 Å². The number of ether oxygens (including phenoxy) is 1. The SMILES string of the molecule is CCCCCCCCNC(=O)Cc1cccc(OC(C)=O)c1. The van der Waals surface area contributed by atoms with Gasteiger partial charge in [-0.15, -0.1) is 0 Å². The second-order valence-corrected chi connectivity index (χ2v) is 5.54. The molecule has 0 spiro atoms. The van der Waals surface area contributed by atoms with E-state index in [4.69, 9.17) is 4.74 Å². The highest BCUT2D eigenvalue weighted by atomic mass is 16.5. The quantitative estimate of drug-likeness (QED) is 0.408. The van der Waals surface area contributed by atoms with Crippen molar-refractivity contribution in [2.75, 3.05) is 6.54 Å². The number of carbonyl (C=O) groups is 2. The second kappa shape index (κ2) is 10.8. The van der Waals surface area contributed by atoms with Crippen LogP contribution < -0.4 is 10.1 Å². The topological polar surface area (TPSA) is 55.4 Å². The zero-order valence-corrected chi connectivity index (χ0v) is 13.7. The van der Waals surface area contributed by atoms with Crippen molar-refractivity contribution in [2.45, 2.75) is 58.8 Å². The Bertz CT molecular complexity index is 471. The molecule has 0 fully saturated rings. The first kappa shape index (κ1) is 18.2. The maximum atomic E-state index is 11.9. The molecule has 4 heteroatoms. The number of carbonyl (C=O) groups excluding carboxylic acids is 2. The van der Waals surface area contributed by atoms with E-state index < -0.39 is 0 Å². The summed E-state index contributed by atoms with van der Waals surface area (Å²) in [4.78, 5) is 22.8. The number of esters is 1. The van der Waals surface area contributed by atoms with E-state index in [9.17, 15) is 9.59 Å². The van der Waals surface area contributed by atoms with Crippen LogP contribution in [0.3, 0.4) is 0 Å². The highest BCUT2D eigenvalue weighted by molar-refractivity contribution is 5.78. The number of amides is 1. The molecule has 0 aromatic heterocycles. The van der Waals surface area contributed by atoms with E-state index >= 15 is 0 Å². The molecule has 0 aliphatic heterocycles. The molecule has 1 N–H and O–H groups in total. The van der Waals surface area contributed by atoms with Gasteiger partial charge in [0, 0.05) is 13.5 Å². The average molecular weight is 305 g/mol. The number of benzene rings is 1. The smallest absolute Gasteiger partial charge is 0.308 e. The van der Waals surface area contributed by atoms with Crippen molar-refractivity contribution in [2.24, 2.45) is 0 Å². The zero-order chi connectivity index (χ0) is 16.2. The molecular formula is C18H27NO3. The number of nitrogens with one attached hydrogen (secondary N) is 1. The molecule has 4 nitrogen and oxygen atoms in total. The number of hydrogen-bond donors (Lipinski definition) is 1. The van der Waals surface area contributed by atoms with Gasteiger partial charge in [-0.2, -0.15) is 0 Å². The van der Waals surface area contributed by atoms with Gasteiger partial charge in [-0.05, 0) is 24.1 Å². The van der Waals surface area contributed by atoms with Crippen LogP contribution in [0, 0.1) is 0 Å². The molecule has 22 heavy (non-hydrogen) atoms. The van der Waals surface area contributed by atoms with Gasteiger partial charge in [0.25, 0.3) is 0 Å². The Morgan fingerprint density at radius 2 is 1.82 bits per heavy atom. The van der Waals surface area contributed by atoms with E-state index in [1.165, 1.54) is 39.0 Å². The molecular weight excluding hydrogens is 278 g/mol. The summed E-state index contributed by atoms with van der Waals surface area (Å²) in [5, 5.41) is 2.94. The number of rotatable bonds is 10. The van der Waals surface area contributed by atoms with Crippen molar-refractivity contribution in [3.8, 4) is 5.75 Å². The molecule has 122 valence electrons. The molecule has 0 unspecified atom stereocenters. The van der Waals surface area contributed by atoms with Crippen LogP contribution in [0.2, 0.25) is 0 Å². The molecule has 0 bridgehead atoms. The van der Waals surface area contributed by atoms with Gasteiger partial charge in [0.2, 0.25) is 5.91 Å². The summed E-state index contributed by atoms with van der Waals surface area (Å²) in [5.74, 6) is 0.131. The van der Waals surface area contributed by atoms with Gasteiger partial charge in [-0.25, -0.2) is 0 Å². The minimum Gasteiger partial charge on any atom is -0.427 e. The van der Waals surface area contributed by atoms with Gasteiger partial charge in [0.1, 0.15) is 5.75 Å². The lowest BCUT2D eigenvalue weighted by Gasteiger charge is -2.07. The third-order valence-electron chi connectivity index (χ3n) is 3.38. The van der Waals surface area contributed by atoms with Crippen molar-refractivity contribution in [1.29, 1.82) is 0 Å². The summed E-state index contributed by atoms with van der Waals surface area (Å²) < 4.78 is 5.01. The van der Waals surface area contributed by atoms with Crippen molar-refractivity contribution >= 4 is 11.9 Å². The summed E-state index contributed by atoms with van der Waals surface area (Å²) in [6.07, 6.45) is 7.59. The van der Waals surface area contributed by atoms with Gasteiger partial charge in [0.15, 0.2) is 0 Å². The first-order valence-electron chi connectivity index (χ1n) is 8.16.